The fourth-order valence-corrected chi connectivity index (χ4v) is 3.83. The van der Waals surface area contributed by atoms with Crippen LogP contribution < -0.4 is 10.6 Å². The summed E-state index contributed by atoms with van der Waals surface area (Å²) < 4.78 is 11.1. The molecule has 6 nitrogen and oxygen atoms in total. The van der Waals surface area contributed by atoms with Crippen LogP contribution in [0.1, 0.15) is 49.1 Å². The Hall–Kier alpha value is -1.58. The molecule has 30 heavy (non-hydrogen) atoms. The predicted molar refractivity (Wildman–Crippen MR) is 132 cm³/mol. The third kappa shape index (κ3) is 7.28. The molecule has 0 bridgehead atoms. The molecule has 2 aromatic rings. The van der Waals surface area contributed by atoms with E-state index < -0.39 is 0 Å². The Kier molecular flexibility index (Phi) is 11.2. The van der Waals surface area contributed by atoms with Gasteiger partial charge in [0.05, 0.1) is 25.5 Å². The van der Waals surface area contributed by atoms with Gasteiger partial charge in [-0.2, -0.15) is 0 Å². The van der Waals surface area contributed by atoms with Crippen LogP contribution in [0.4, 0.5) is 0 Å². The molecule has 1 saturated heterocycles. The van der Waals surface area contributed by atoms with Gasteiger partial charge in [0.15, 0.2) is 5.96 Å². The zero-order valence-corrected chi connectivity index (χ0v) is 20.4. The van der Waals surface area contributed by atoms with Crippen molar-refractivity contribution in [2.24, 2.45) is 4.99 Å². The monoisotopic (exact) mass is 526 g/mol. The summed E-state index contributed by atoms with van der Waals surface area (Å²) in [6, 6.07) is 12.6. The Morgan fingerprint density at radius 1 is 1.10 bits per heavy atom. The first-order valence-electron chi connectivity index (χ1n) is 10.7. The van der Waals surface area contributed by atoms with Crippen LogP contribution in [-0.2, 0) is 17.9 Å². The van der Waals surface area contributed by atoms with Gasteiger partial charge in [0.2, 0.25) is 0 Å². The Bertz CT molecular complexity index is 745. The third-order valence-electron chi connectivity index (χ3n) is 5.34. The van der Waals surface area contributed by atoms with Crippen LogP contribution in [0.2, 0.25) is 0 Å². The minimum absolute atomic E-state index is 0. The number of furan rings is 1. The summed E-state index contributed by atoms with van der Waals surface area (Å²) in [6.07, 6.45) is 5.58. The standard InChI is InChI=1S/C23H34N4O2.HI/c1-3-24-23(25-16-19-10-5-6-11-20(19)18-28-2)26-17-21(22-12-9-15-29-22)27-13-7-4-8-14-27;/h5-6,9-12,15,21H,3-4,7-8,13-14,16-18H2,1-2H3,(H2,24,25,26);1H. The van der Waals surface area contributed by atoms with Crippen molar-refractivity contribution in [2.45, 2.75) is 45.4 Å². The number of methoxy groups -OCH3 is 1. The zero-order valence-electron chi connectivity index (χ0n) is 18.1. The van der Waals surface area contributed by atoms with Gasteiger partial charge in [-0.05, 0) is 56.1 Å². The van der Waals surface area contributed by atoms with E-state index in [1.54, 1.807) is 13.4 Å². The second-order valence-electron chi connectivity index (χ2n) is 7.41. The van der Waals surface area contributed by atoms with E-state index in [1.807, 2.05) is 18.2 Å². The van der Waals surface area contributed by atoms with Crippen LogP contribution in [-0.4, -0.2) is 44.1 Å². The number of hydrogen-bond acceptors (Lipinski definition) is 4. The molecule has 3 rings (SSSR count). The maximum Gasteiger partial charge on any atom is 0.191 e. The molecule has 1 aromatic heterocycles. The van der Waals surface area contributed by atoms with Gasteiger partial charge in [0.25, 0.3) is 0 Å². The minimum atomic E-state index is 0. The SMILES string of the molecule is CCNC(=NCc1ccccc1COC)NCC(c1ccco1)N1CCCCC1.I. The average molecular weight is 526 g/mol. The number of guanidine groups is 1. The molecule has 7 heteroatoms. The zero-order chi connectivity index (χ0) is 20.3. The van der Waals surface area contributed by atoms with E-state index in [1.165, 1.54) is 30.4 Å². The summed E-state index contributed by atoms with van der Waals surface area (Å²) in [7, 11) is 1.72. The molecule has 0 radical (unpaired) electrons. The van der Waals surface area contributed by atoms with E-state index in [0.717, 1.165) is 37.9 Å². The van der Waals surface area contributed by atoms with E-state index in [4.69, 9.17) is 14.1 Å². The molecule has 1 aliphatic rings. The summed E-state index contributed by atoms with van der Waals surface area (Å²) in [5.41, 5.74) is 2.36. The van der Waals surface area contributed by atoms with Crippen LogP contribution in [0.15, 0.2) is 52.1 Å². The Balaban J connectivity index is 0.00000320. The molecule has 1 unspecified atom stereocenters. The van der Waals surface area contributed by atoms with Crippen LogP contribution in [0, 0.1) is 0 Å². The second-order valence-corrected chi connectivity index (χ2v) is 7.41. The molecule has 1 aromatic carbocycles. The number of aliphatic imine (C=N–C) groups is 1. The summed E-state index contributed by atoms with van der Waals surface area (Å²) >= 11 is 0. The van der Waals surface area contributed by atoms with Gasteiger partial charge < -0.3 is 19.8 Å². The van der Waals surface area contributed by atoms with Crippen molar-refractivity contribution in [3.8, 4) is 0 Å². The largest absolute Gasteiger partial charge is 0.468 e. The van der Waals surface area contributed by atoms with Crippen molar-refractivity contribution in [3.05, 3.63) is 59.5 Å². The Morgan fingerprint density at radius 3 is 2.53 bits per heavy atom. The number of hydrogen-bond donors (Lipinski definition) is 2. The highest BCUT2D eigenvalue weighted by Crippen LogP contribution is 2.24. The number of rotatable bonds is 9. The molecule has 166 valence electrons. The molecule has 1 fully saturated rings. The third-order valence-corrected chi connectivity index (χ3v) is 5.34. The van der Waals surface area contributed by atoms with E-state index in [-0.39, 0.29) is 30.0 Å². The highest BCUT2D eigenvalue weighted by molar-refractivity contribution is 14.0. The molecule has 2 heterocycles. The normalized spacial score (nSPS) is 16.0. The average Bonchev–Trinajstić information content (AvgIpc) is 3.28. The summed E-state index contributed by atoms with van der Waals surface area (Å²) in [4.78, 5) is 7.34. The Labute approximate surface area is 197 Å². The number of nitrogens with zero attached hydrogens (tertiary/aromatic N) is 2. The lowest BCUT2D eigenvalue weighted by atomic mass is 10.1. The minimum Gasteiger partial charge on any atom is -0.468 e. The van der Waals surface area contributed by atoms with Crippen LogP contribution in [0.5, 0.6) is 0 Å². The van der Waals surface area contributed by atoms with Crippen LogP contribution >= 0.6 is 24.0 Å². The molecule has 0 aliphatic carbocycles. The van der Waals surface area contributed by atoms with Crippen LogP contribution in [0.25, 0.3) is 0 Å². The lowest BCUT2D eigenvalue weighted by molar-refractivity contribution is 0.146. The topological polar surface area (TPSA) is 62.0 Å². The molecule has 0 amide bonds. The van der Waals surface area contributed by atoms with Crippen molar-refractivity contribution in [1.29, 1.82) is 0 Å². The molecule has 1 aliphatic heterocycles. The molecule has 1 atom stereocenters. The maximum atomic E-state index is 5.76. The van der Waals surface area contributed by atoms with E-state index in [9.17, 15) is 0 Å². The highest BCUT2D eigenvalue weighted by atomic mass is 127. The fraction of sp³-hybridized carbons (Fsp3) is 0.522. The molecule has 0 spiro atoms. The second kappa shape index (κ2) is 13.7. The van der Waals surface area contributed by atoms with E-state index in [2.05, 4.69) is 40.7 Å². The number of piperidine rings is 1. The van der Waals surface area contributed by atoms with Gasteiger partial charge in [-0.3, -0.25) is 4.90 Å². The van der Waals surface area contributed by atoms with Gasteiger partial charge in [-0.25, -0.2) is 4.99 Å². The van der Waals surface area contributed by atoms with Crippen molar-refractivity contribution in [2.75, 3.05) is 33.3 Å². The fourth-order valence-electron chi connectivity index (χ4n) is 3.83. The van der Waals surface area contributed by atoms with E-state index in [0.29, 0.717) is 13.2 Å². The molecule has 2 N–H and O–H groups in total. The lowest BCUT2D eigenvalue weighted by Crippen LogP contribution is -2.44. The molecular weight excluding hydrogens is 491 g/mol. The summed E-state index contributed by atoms with van der Waals surface area (Å²) in [6.45, 7) is 7.12. The van der Waals surface area contributed by atoms with Gasteiger partial charge >= 0.3 is 0 Å². The lowest BCUT2D eigenvalue weighted by Gasteiger charge is -2.33. The van der Waals surface area contributed by atoms with Crippen molar-refractivity contribution < 1.29 is 9.15 Å². The van der Waals surface area contributed by atoms with Gasteiger partial charge in [0.1, 0.15) is 5.76 Å². The first-order valence-corrected chi connectivity index (χ1v) is 10.7. The number of nitrogens with one attached hydrogen (secondary N) is 2. The van der Waals surface area contributed by atoms with E-state index >= 15 is 0 Å². The smallest absolute Gasteiger partial charge is 0.191 e. The first kappa shape index (κ1) is 24.7. The molecular formula is C23H35IN4O2. The Morgan fingerprint density at radius 2 is 1.87 bits per heavy atom. The highest BCUT2D eigenvalue weighted by Gasteiger charge is 2.24. The van der Waals surface area contributed by atoms with Gasteiger partial charge in [-0.15, -0.1) is 24.0 Å². The quantitative estimate of drug-likeness (QED) is 0.290. The molecule has 0 saturated carbocycles. The number of likely N-dealkylation sites (tertiary alicyclic amines) is 1. The van der Waals surface area contributed by atoms with Gasteiger partial charge in [-0.1, -0.05) is 30.7 Å². The maximum absolute atomic E-state index is 5.76. The summed E-state index contributed by atoms with van der Waals surface area (Å²) in [5.74, 6) is 1.84. The van der Waals surface area contributed by atoms with Crippen molar-refractivity contribution in [1.82, 2.24) is 15.5 Å². The number of halogens is 1. The number of ether oxygens (including phenoxy) is 1. The summed E-state index contributed by atoms with van der Waals surface area (Å²) in [5, 5.41) is 6.90. The van der Waals surface area contributed by atoms with Gasteiger partial charge in [0, 0.05) is 20.2 Å². The van der Waals surface area contributed by atoms with Crippen molar-refractivity contribution >= 4 is 29.9 Å². The van der Waals surface area contributed by atoms with Crippen molar-refractivity contribution in [3.63, 3.8) is 0 Å². The predicted octanol–water partition coefficient (Wildman–Crippen LogP) is 4.33. The first-order chi connectivity index (χ1) is 14.3. The van der Waals surface area contributed by atoms with Crippen LogP contribution in [0.3, 0.4) is 0 Å². The number of benzene rings is 1.